The third-order valence-corrected chi connectivity index (χ3v) is 10.2. The van der Waals surface area contributed by atoms with Crippen LogP contribution in [-0.4, -0.2) is 0 Å². The van der Waals surface area contributed by atoms with Crippen LogP contribution >= 0.6 is 0 Å². The number of unbranched alkanes of at least 4 members (excludes halogenated alkanes) is 2. The molecule has 0 fully saturated rings. The van der Waals surface area contributed by atoms with E-state index in [1.54, 1.807) is 0 Å². The summed E-state index contributed by atoms with van der Waals surface area (Å²) in [7, 11) is 0. The molecule has 4 aromatic carbocycles. The molecule has 13 rings (SSSR count). The summed E-state index contributed by atoms with van der Waals surface area (Å²) in [6, 6.07) is 40.1. The first-order valence-electron chi connectivity index (χ1n) is 19.0. The highest BCUT2D eigenvalue weighted by Gasteiger charge is 2.16. The summed E-state index contributed by atoms with van der Waals surface area (Å²) >= 11 is 0. The van der Waals surface area contributed by atoms with Gasteiger partial charge in [0.1, 0.15) is 23.0 Å². The summed E-state index contributed by atoms with van der Waals surface area (Å²) in [6.45, 7) is 4.50. The van der Waals surface area contributed by atoms with Crippen molar-refractivity contribution in [3.63, 3.8) is 0 Å². The standard InChI is InChI=1S/C48H50O2/c1-3-5-13-43-33-45-39-25-17-37(18-26-39)15-16-38-19-27-40(28-20-38)46-34-44(14-6-4-2)48(50-46)42-31-23-36(24-32-42)12-10-8-7-9-11-35-21-29-41(30-22-35)47(43)49-45/h15-34H,3-14H2,1-2H3/b16-15-. The van der Waals surface area contributed by atoms with E-state index < -0.39 is 0 Å². The molecule has 2 aromatic heterocycles. The third kappa shape index (κ3) is 8.13. The second-order valence-electron chi connectivity index (χ2n) is 14.0. The van der Waals surface area contributed by atoms with Gasteiger partial charge in [0.15, 0.2) is 0 Å². The highest BCUT2D eigenvalue weighted by atomic mass is 16.3. The minimum atomic E-state index is 0.940. The van der Waals surface area contributed by atoms with Gasteiger partial charge in [-0.15, -0.1) is 0 Å². The summed E-state index contributed by atoms with van der Waals surface area (Å²) in [5.74, 6) is 3.91. The Labute approximate surface area is 298 Å². The van der Waals surface area contributed by atoms with Gasteiger partial charge in [-0.2, -0.15) is 0 Å². The van der Waals surface area contributed by atoms with Crippen molar-refractivity contribution in [1.82, 2.24) is 0 Å². The lowest BCUT2D eigenvalue weighted by molar-refractivity contribution is 0.592. The van der Waals surface area contributed by atoms with Crippen LogP contribution in [0.25, 0.3) is 57.4 Å². The van der Waals surface area contributed by atoms with Crippen molar-refractivity contribution in [3.8, 4) is 45.3 Å². The molecule has 254 valence electrons. The number of hydrogen-bond donors (Lipinski definition) is 0. The monoisotopic (exact) mass is 658 g/mol. The molecule has 0 radical (unpaired) electrons. The molecular formula is C48H50O2. The van der Waals surface area contributed by atoms with E-state index in [1.807, 2.05) is 0 Å². The van der Waals surface area contributed by atoms with E-state index in [-0.39, 0.29) is 0 Å². The van der Waals surface area contributed by atoms with Crippen LogP contribution in [0.5, 0.6) is 0 Å². The molecule has 0 atom stereocenters. The fourth-order valence-corrected chi connectivity index (χ4v) is 7.10. The second-order valence-corrected chi connectivity index (χ2v) is 14.0. The minimum absolute atomic E-state index is 0.940. The number of hydrogen-bond acceptors (Lipinski definition) is 2. The maximum absolute atomic E-state index is 6.60. The van der Waals surface area contributed by atoms with Gasteiger partial charge in [0.25, 0.3) is 0 Å². The van der Waals surface area contributed by atoms with E-state index in [9.17, 15) is 0 Å². The lowest BCUT2D eigenvalue weighted by Crippen LogP contribution is -1.90. The maximum atomic E-state index is 6.60. The molecule has 7 aliphatic rings. The number of furan rings is 2. The summed E-state index contributed by atoms with van der Waals surface area (Å²) in [5.41, 5.74) is 12.3. The van der Waals surface area contributed by atoms with E-state index >= 15 is 0 Å². The summed E-state index contributed by atoms with van der Waals surface area (Å²) < 4.78 is 13.2. The Morgan fingerprint density at radius 1 is 0.440 bits per heavy atom. The zero-order valence-electron chi connectivity index (χ0n) is 29.8. The zero-order chi connectivity index (χ0) is 34.1. The lowest BCUT2D eigenvalue weighted by Gasteiger charge is -2.07. The largest absolute Gasteiger partial charge is 0.456 e. The molecule has 0 N–H and O–H groups in total. The molecule has 50 heavy (non-hydrogen) atoms. The van der Waals surface area contributed by atoms with Gasteiger partial charge in [0.05, 0.1) is 0 Å². The highest BCUT2D eigenvalue weighted by molar-refractivity contribution is 5.75. The van der Waals surface area contributed by atoms with E-state index in [4.69, 9.17) is 8.83 Å². The van der Waals surface area contributed by atoms with Gasteiger partial charge in [0, 0.05) is 22.3 Å². The first-order chi connectivity index (χ1) is 24.7. The molecule has 9 heterocycles. The molecular weight excluding hydrogens is 609 g/mol. The van der Waals surface area contributed by atoms with E-state index in [0.29, 0.717) is 0 Å². The Kier molecular flexibility index (Phi) is 10.9. The normalized spacial score (nSPS) is 14.0. The Balaban J connectivity index is 1.18. The number of rotatable bonds is 6. The highest BCUT2D eigenvalue weighted by Crippen LogP contribution is 2.36. The Morgan fingerprint density at radius 2 is 0.820 bits per heavy atom. The van der Waals surface area contributed by atoms with E-state index in [0.717, 1.165) is 83.8 Å². The van der Waals surface area contributed by atoms with Crippen LogP contribution < -0.4 is 0 Å². The van der Waals surface area contributed by atoms with E-state index in [1.165, 1.54) is 71.9 Å². The Bertz CT molecular complexity index is 1830. The molecule has 0 unspecified atom stereocenters. The second kappa shape index (κ2) is 16.3. The van der Waals surface area contributed by atoms with Crippen molar-refractivity contribution in [2.24, 2.45) is 0 Å². The van der Waals surface area contributed by atoms with Crippen molar-refractivity contribution < 1.29 is 8.83 Å². The molecule has 0 saturated carbocycles. The average molecular weight is 659 g/mol. The first-order valence-corrected chi connectivity index (χ1v) is 19.0. The zero-order valence-corrected chi connectivity index (χ0v) is 29.8. The molecule has 2 heteroatoms. The SMILES string of the molecule is CCCCc1cc2oc1-c1ccc(cc1)CCCCCCc1ccc(cc1)-c1oc(cc1CCCC)-c1ccc(cc1)/C=C\c1ccc-2cc1. The summed E-state index contributed by atoms with van der Waals surface area (Å²) in [4.78, 5) is 0. The van der Waals surface area contributed by atoms with Crippen LogP contribution in [0.1, 0.15) is 98.6 Å². The third-order valence-electron chi connectivity index (χ3n) is 10.2. The van der Waals surface area contributed by atoms with Crippen molar-refractivity contribution in [2.45, 2.75) is 90.9 Å². The predicted molar refractivity (Wildman–Crippen MR) is 211 cm³/mol. The number of benzene rings is 4. The van der Waals surface area contributed by atoms with Gasteiger partial charge in [0.2, 0.25) is 0 Å². The van der Waals surface area contributed by atoms with Crippen LogP contribution in [0.3, 0.4) is 0 Å². The molecule has 7 aliphatic heterocycles. The molecule has 12 bridgehead atoms. The predicted octanol–water partition coefficient (Wildman–Crippen LogP) is 14.1. The first kappa shape index (κ1) is 33.7. The van der Waals surface area contributed by atoms with Crippen LogP contribution in [0.2, 0.25) is 0 Å². The van der Waals surface area contributed by atoms with Crippen molar-refractivity contribution in [2.75, 3.05) is 0 Å². The minimum Gasteiger partial charge on any atom is -0.456 e. The van der Waals surface area contributed by atoms with Crippen molar-refractivity contribution in [3.05, 3.63) is 143 Å². The van der Waals surface area contributed by atoms with Crippen LogP contribution in [0.4, 0.5) is 0 Å². The topological polar surface area (TPSA) is 26.3 Å². The fourth-order valence-electron chi connectivity index (χ4n) is 7.10. The quantitative estimate of drug-likeness (QED) is 0.178. The fraction of sp³-hybridized carbons (Fsp3) is 0.292. The Morgan fingerprint density at radius 3 is 1.20 bits per heavy atom. The van der Waals surface area contributed by atoms with Gasteiger partial charge in [-0.3, -0.25) is 0 Å². The summed E-state index contributed by atoms with van der Waals surface area (Å²) in [6.07, 6.45) is 18.3. The van der Waals surface area contributed by atoms with Crippen molar-refractivity contribution >= 4 is 12.2 Å². The van der Waals surface area contributed by atoms with Gasteiger partial charge in [-0.05, 0) is 96.9 Å². The van der Waals surface area contributed by atoms with Crippen LogP contribution in [-0.2, 0) is 25.7 Å². The molecule has 0 amide bonds. The summed E-state index contributed by atoms with van der Waals surface area (Å²) in [5, 5.41) is 0. The molecule has 0 spiro atoms. The van der Waals surface area contributed by atoms with Gasteiger partial charge < -0.3 is 8.83 Å². The molecule has 6 aromatic rings. The van der Waals surface area contributed by atoms with Gasteiger partial charge in [-0.25, -0.2) is 0 Å². The van der Waals surface area contributed by atoms with Crippen LogP contribution in [0, 0.1) is 0 Å². The Hall–Kier alpha value is -4.82. The van der Waals surface area contributed by atoms with E-state index in [2.05, 4.69) is 135 Å². The van der Waals surface area contributed by atoms with Crippen molar-refractivity contribution in [1.29, 1.82) is 0 Å². The average Bonchev–Trinajstić information content (AvgIpc) is 3.79. The maximum Gasteiger partial charge on any atom is 0.137 e. The molecule has 2 nitrogen and oxygen atoms in total. The smallest absolute Gasteiger partial charge is 0.137 e. The number of aryl methyl sites for hydroxylation is 4. The molecule has 0 saturated heterocycles. The van der Waals surface area contributed by atoms with Gasteiger partial charge >= 0.3 is 0 Å². The lowest BCUT2D eigenvalue weighted by atomic mass is 9.99. The van der Waals surface area contributed by atoms with Gasteiger partial charge in [-0.1, -0.05) is 149 Å². The molecule has 0 aliphatic carbocycles. The van der Waals surface area contributed by atoms with Crippen LogP contribution in [0.15, 0.2) is 118 Å².